The molecular formula is C19H30O4. The van der Waals surface area contributed by atoms with Gasteiger partial charge in [-0.2, -0.15) is 0 Å². The van der Waals surface area contributed by atoms with Crippen LogP contribution < -0.4 is 14.2 Å². The van der Waals surface area contributed by atoms with Gasteiger partial charge in [0, 0.05) is 23.3 Å². The largest absolute Gasteiger partial charge is 0.496 e. The van der Waals surface area contributed by atoms with Crippen LogP contribution in [0.4, 0.5) is 0 Å². The Balaban J connectivity index is 2.73. The zero-order valence-electron chi connectivity index (χ0n) is 15.2. The van der Waals surface area contributed by atoms with Crippen LogP contribution >= 0.6 is 0 Å². The Labute approximate surface area is 139 Å². The molecule has 0 heterocycles. The summed E-state index contributed by atoms with van der Waals surface area (Å²) in [5, 5.41) is 9.36. The molecule has 0 bridgehead atoms. The summed E-state index contributed by atoms with van der Waals surface area (Å²) in [6.07, 6.45) is 3.02. The van der Waals surface area contributed by atoms with Crippen LogP contribution in [0.25, 0.3) is 0 Å². The number of rotatable bonds is 6. The van der Waals surface area contributed by atoms with Gasteiger partial charge < -0.3 is 19.3 Å². The van der Waals surface area contributed by atoms with Gasteiger partial charge in [-0.3, -0.25) is 0 Å². The summed E-state index contributed by atoms with van der Waals surface area (Å²) in [4.78, 5) is 0. The molecule has 0 fully saturated rings. The lowest BCUT2D eigenvalue weighted by molar-refractivity contribution is 0.238. The highest BCUT2D eigenvalue weighted by Crippen LogP contribution is 2.55. The van der Waals surface area contributed by atoms with E-state index in [4.69, 9.17) is 14.2 Å². The van der Waals surface area contributed by atoms with Crippen LogP contribution in [-0.4, -0.2) is 33.0 Å². The number of hydrogen-bond acceptors (Lipinski definition) is 4. The van der Waals surface area contributed by atoms with Gasteiger partial charge in [0.05, 0.1) is 21.3 Å². The van der Waals surface area contributed by atoms with Crippen molar-refractivity contribution in [3.8, 4) is 17.2 Å². The second kappa shape index (κ2) is 7.43. The van der Waals surface area contributed by atoms with Crippen molar-refractivity contribution in [2.45, 2.75) is 51.9 Å². The number of fused-ring (bicyclic) bond motifs is 1. The zero-order valence-corrected chi connectivity index (χ0v) is 15.2. The minimum Gasteiger partial charge on any atom is -0.496 e. The Kier molecular flexibility index (Phi) is 5.79. The third-order valence-corrected chi connectivity index (χ3v) is 5.32. The van der Waals surface area contributed by atoms with Gasteiger partial charge in [-0.1, -0.05) is 13.8 Å². The van der Waals surface area contributed by atoms with Crippen LogP contribution in [-0.2, 0) is 0 Å². The van der Waals surface area contributed by atoms with Crippen molar-refractivity contribution in [1.29, 1.82) is 0 Å². The first-order valence-corrected chi connectivity index (χ1v) is 8.44. The Morgan fingerprint density at radius 3 is 2.13 bits per heavy atom. The van der Waals surface area contributed by atoms with E-state index >= 15 is 0 Å². The maximum absolute atomic E-state index is 9.36. The zero-order chi connectivity index (χ0) is 17.1. The van der Waals surface area contributed by atoms with Gasteiger partial charge in [-0.25, -0.2) is 0 Å². The lowest BCUT2D eigenvalue weighted by Crippen LogP contribution is -2.22. The molecule has 0 aliphatic heterocycles. The molecule has 4 heteroatoms. The predicted molar refractivity (Wildman–Crippen MR) is 92.1 cm³/mol. The molecule has 1 N–H and O–H groups in total. The minimum absolute atomic E-state index is 0.219. The van der Waals surface area contributed by atoms with Crippen molar-refractivity contribution in [3.63, 3.8) is 0 Å². The van der Waals surface area contributed by atoms with Crippen LogP contribution in [0.1, 0.15) is 61.6 Å². The highest BCUT2D eigenvalue weighted by molar-refractivity contribution is 5.65. The van der Waals surface area contributed by atoms with Gasteiger partial charge in [-0.05, 0) is 43.9 Å². The summed E-state index contributed by atoms with van der Waals surface area (Å²) >= 11 is 0. The van der Waals surface area contributed by atoms with E-state index in [2.05, 4.69) is 13.8 Å². The molecule has 1 aromatic carbocycles. The molecule has 0 radical (unpaired) electrons. The molecule has 0 unspecified atom stereocenters. The van der Waals surface area contributed by atoms with Crippen molar-refractivity contribution < 1.29 is 19.3 Å². The molecule has 0 saturated heterocycles. The molecular weight excluding hydrogens is 292 g/mol. The first-order valence-electron chi connectivity index (χ1n) is 8.44. The standard InChI is InChI=1S/C19H30O4/c1-11(9-10-20)14-8-7-12(2)15-16(14)17(21-4)13(3)18(22-5)19(15)23-6/h11-12,14,20H,7-10H2,1-6H3/t11-,12-,14-/m0/s1. The molecule has 1 aliphatic carbocycles. The number of aliphatic hydroxyl groups is 1. The van der Waals surface area contributed by atoms with Crippen molar-refractivity contribution in [3.05, 3.63) is 16.7 Å². The molecule has 1 aliphatic rings. The number of hydrogen-bond donors (Lipinski definition) is 1. The summed E-state index contributed by atoms with van der Waals surface area (Å²) in [6.45, 7) is 6.69. The fourth-order valence-corrected chi connectivity index (χ4v) is 4.10. The SMILES string of the molecule is COc1c(C)c(OC)c2c(c1OC)[C@@H](C)CC[C@H]2[C@@H](C)CCO. The van der Waals surface area contributed by atoms with Crippen LogP contribution in [0.15, 0.2) is 0 Å². The predicted octanol–water partition coefficient (Wildman–Crippen LogP) is 4.02. The summed E-state index contributed by atoms with van der Waals surface area (Å²) in [5.74, 6) is 3.71. The van der Waals surface area contributed by atoms with E-state index in [1.54, 1.807) is 21.3 Å². The fraction of sp³-hybridized carbons (Fsp3) is 0.684. The monoisotopic (exact) mass is 322 g/mol. The van der Waals surface area contributed by atoms with Gasteiger partial charge in [0.2, 0.25) is 0 Å². The van der Waals surface area contributed by atoms with Crippen molar-refractivity contribution >= 4 is 0 Å². The fourth-order valence-electron chi connectivity index (χ4n) is 4.10. The van der Waals surface area contributed by atoms with E-state index in [0.29, 0.717) is 17.8 Å². The molecule has 130 valence electrons. The highest BCUT2D eigenvalue weighted by atomic mass is 16.5. The third kappa shape index (κ3) is 3.01. The van der Waals surface area contributed by atoms with Gasteiger partial charge in [0.25, 0.3) is 0 Å². The molecule has 23 heavy (non-hydrogen) atoms. The first kappa shape index (κ1) is 17.9. The molecule has 0 spiro atoms. The number of methoxy groups -OCH3 is 3. The smallest absolute Gasteiger partial charge is 0.167 e. The lowest BCUT2D eigenvalue weighted by Gasteiger charge is -2.37. The summed E-state index contributed by atoms with van der Waals surface area (Å²) in [5.41, 5.74) is 3.45. The highest BCUT2D eigenvalue weighted by Gasteiger charge is 2.36. The molecule has 2 rings (SSSR count). The second-order valence-corrected chi connectivity index (χ2v) is 6.63. The minimum atomic E-state index is 0.219. The third-order valence-electron chi connectivity index (χ3n) is 5.32. The summed E-state index contributed by atoms with van der Waals surface area (Å²) < 4.78 is 17.2. The maximum atomic E-state index is 9.36. The topological polar surface area (TPSA) is 47.9 Å². The maximum Gasteiger partial charge on any atom is 0.167 e. The molecule has 0 aromatic heterocycles. The van der Waals surface area contributed by atoms with E-state index in [1.807, 2.05) is 6.92 Å². The van der Waals surface area contributed by atoms with Gasteiger partial charge >= 0.3 is 0 Å². The molecule has 0 saturated carbocycles. The molecule has 4 nitrogen and oxygen atoms in total. The Hall–Kier alpha value is -1.42. The Morgan fingerprint density at radius 2 is 1.61 bits per heavy atom. The van der Waals surface area contributed by atoms with Crippen LogP contribution in [0.5, 0.6) is 17.2 Å². The van der Waals surface area contributed by atoms with Gasteiger partial charge in [-0.15, -0.1) is 0 Å². The number of aliphatic hydroxyl groups excluding tert-OH is 1. The van der Waals surface area contributed by atoms with E-state index < -0.39 is 0 Å². The average molecular weight is 322 g/mol. The van der Waals surface area contributed by atoms with Gasteiger partial charge in [0.15, 0.2) is 11.5 Å². The second-order valence-electron chi connectivity index (χ2n) is 6.63. The first-order chi connectivity index (χ1) is 11.0. The van der Waals surface area contributed by atoms with Crippen molar-refractivity contribution in [1.82, 2.24) is 0 Å². The number of ether oxygens (including phenoxy) is 3. The molecule has 1 aromatic rings. The normalized spacial score (nSPS) is 21.5. The lowest BCUT2D eigenvalue weighted by atomic mass is 9.70. The van der Waals surface area contributed by atoms with Gasteiger partial charge in [0.1, 0.15) is 5.75 Å². The van der Waals surface area contributed by atoms with E-state index in [-0.39, 0.29) is 6.61 Å². The summed E-state index contributed by atoms with van der Waals surface area (Å²) in [6, 6.07) is 0. The average Bonchev–Trinajstić information content (AvgIpc) is 2.54. The Morgan fingerprint density at radius 1 is 1.00 bits per heavy atom. The summed E-state index contributed by atoms with van der Waals surface area (Å²) in [7, 11) is 5.11. The van der Waals surface area contributed by atoms with Crippen LogP contribution in [0, 0.1) is 12.8 Å². The molecule has 3 atom stereocenters. The molecule has 0 amide bonds. The van der Waals surface area contributed by atoms with Crippen LogP contribution in [0.2, 0.25) is 0 Å². The van der Waals surface area contributed by atoms with Crippen molar-refractivity contribution in [2.24, 2.45) is 5.92 Å². The van der Waals surface area contributed by atoms with E-state index in [9.17, 15) is 5.11 Å². The van der Waals surface area contributed by atoms with Crippen LogP contribution in [0.3, 0.4) is 0 Å². The number of benzene rings is 1. The quantitative estimate of drug-likeness (QED) is 0.859. The Bertz CT molecular complexity index is 553. The van der Waals surface area contributed by atoms with E-state index in [1.165, 1.54) is 11.1 Å². The van der Waals surface area contributed by atoms with Crippen molar-refractivity contribution in [2.75, 3.05) is 27.9 Å². The van der Waals surface area contributed by atoms with E-state index in [0.717, 1.165) is 42.1 Å².